The van der Waals surface area contributed by atoms with Crippen LogP contribution in [0.2, 0.25) is 0 Å². The highest BCUT2D eigenvalue weighted by atomic mass is 16.2. The summed E-state index contributed by atoms with van der Waals surface area (Å²) < 4.78 is 0. The first-order chi connectivity index (χ1) is 17.4. The number of amides is 1. The minimum Gasteiger partial charge on any atom is -0.344 e. The highest BCUT2D eigenvalue weighted by Gasteiger charge is 2.36. The van der Waals surface area contributed by atoms with Crippen LogP contribution >= 0.6 is 0 Å². The van der Waals surface area contributed by atoms with Gasteiger partial charge in [-0.15, -0.1) is 0 Å². The molecular weight excluding hydrogens is 452 g/mol. The second-order valence-electron chi connectivity index (χ2n) is 9.97. The Balaban J connectivity index is 1.57. The summed E-state index contributed by atoms with van der Waals surface area (Å²) in [5.41, 5.74) is 2.15. The Kier molecular flexibility index (Phi) is 8.46. The number of hydrogen-bond donors (Lipinski definition) is 3. The first-order valence-corrected chi connectivity index (χ1v) is 13.2. The number of nitrogens with one attached hydrogen (secondary N) is 3. The van der Waals surface area contributed by atoms with E-state index in [1.807, 2.05) is 25.1 Å². The monoisotopic (exact) mass is 490 g/mol. The highest BCUT2D eigenvalue weighted by molar-refractivity contribution is 6.42. The van der Waals surface area contributed by atoms with Gasteiger partial charge in [0.05, 0.1) is 17.8 Å². The number of carbonyl (C=O) groups is 2. The van der Waals surface area contributed by atoms with Crippen LogP contribution in [0.1, 0.15) is 69.4 Å². The molecule has 0 saturated heterocycles. The number of anilines is 2. The second kappa shape index (κ2) is 11.7. The van der Waals surface area contributed by atoms with Crippen LogP contribution in [-0.2, 0) is 16.0 Å². The average Bonchev–Trinajstić information content (AvgIpc) is 3.36. The maximum Gasteiger partial charge on any atom is 0.237 e. The van der Waals surface area contributed by atoms with Gasteiger partial charge in [0.15, 0.2) is 5.78 Å². The number of fused-ring (bicyclic) bond motifs is 1. The molecule has 1 saturated carbocycles. The summed E-state index contributed by atoms with van der Waals surface area (Å²) >= 11 is 0. The third-order valence-electron chi connectivity index (χ3n) is 7.73. The standard InChI is InChI=1S/C28H38N6O2/c1-4-22(21-12-15-31-23(17-21)34-16-13-20-11-8-14-32-27(20)34)24(29)26(35)25(19-9-6-5-7-10-19)33-28(36)18(2)30-3/h8,11-12,14-15,17-19,22,25,29-30H,4-7,9-10,13,16H2,1-3H3,(H,33,36). The number of pyridine rings is 2. The molecule has 1 aliphatic heterocycles. The van der Waals surface area contributed by atoms with Gasteiger partial charge >= 0.3 is 0 Å². The molecule has 3 heterocycles. The van der Waals surface area contributed by atoms with Gasteiger partial charge in [-0.05, 0) is 74.9 Å². The summed E-state index contributed by atoms with van der Waals surface area (Å²) in [4.78, 5) is 37.7. The first kappa shape index (κ1) is 25.9. The van der Waals surface area contributed by atoms with Crippen LogP contribution in [0.25, 0.3) is 0 Å². The van der Waals surface area contributed by atoms with E-state index >= 15 is 0 Å². The summed E-state index contributed by atoms with van der Waals surface area (Å²) in [6, 6.07) is 6.85. The smallest absolute Gasteiger partial charge is 0.237 e. The van der Waals surface area contributed by atoms with E-state index in [1.165, 1.54) is 5.56 Å². The molecule has 8 nitrogen and oxygen atoms in total. The zero-order valence-corrected chi connectivity index (χ0v) is 21.6. The number of likely N-dealkylation sites (N-methyl/N-ethyl adjacent to an activating group) is 1. The zero-order valence-electron chi connectivity index (χ0n) is 21.6. The quantitative estimate of drug-likeness (QED) is 0.435. The molecule has 3 atom stereocenters. The van der Waals surface area contributed by atoms with Crippen LogP contribution in [0, 0.1) is 11.3 Å². The van der Waals surface area contributed by atoms with Crippen LogP contribution in [-0.4, -0.2) is 53.0 Å². The van der Waals surface area contributed by atoms with E-state index in [1.54, 1.807) is 26.4 Å². The molecule has 8 heteroatoms. The molecule has 4 rings (SSSR count). The molecule has 2 aliphatic rings. The molecule has 2 aromatic rings. The van der Waals surface area contributed by atoms with Crippen molar-refractivity contribution in [2.75, 3.05) is 18.5 Å². The number of aromatic nitrogens is 2. The van der Waals surface area contributed by atoms with Gasteiger partial charge in [0.1, 0.15) is 11.6 Å². The number of ketones is 1. The van der Waals surface area contributed by atoms with Crippen molar-refractivity contribution < 1.29 is 9.59 Å². The molecule has 0 spiro atoms. The van der Waals surface area contributed by atoms with Crippen molar-refractivity contribution in [1.82, 2.24) is 20.6 Å². The Labute approximate surface area is 213 Å². The van der Waals surface area contributed by atoms with Gasteiger partial charge in [0, 0.05) is 24.9 Å². The van der Waals surface area contributed by atoms with Gasteiger partial charge in [-0.25, -0.2) is 9.97 Å². The normalized spacial score (nSPS) is 18.2. The Morgan fingerprint density at radius 3 is 2.67 bits per heavy atom. The lowest BCUT2D eigenvalue weighted by molar-refractivity contribution is -0.127. The van der Waals surface area contributed by atoms with Crippen LogP contribution in [0.15, 0.2) is 36.7 Å². The number of nitrogens with zero attached hydrogens (tertiary/aromatic N) is 3. The molecule has 1 aliphatic carbocycles. The van der Waals surface area contributed by atoms with Gasteiger partial charge in [0.2, 0.25) is 5.91 Å². The van der Waals surface area contributed by atoms with E-state index in [0.29, 0.717) is 6.42 Å². The van der Waals surface area contributed by atoms with Crippen molar-refractivity contribution in [2.45, 2.75) is 76.8 Å². The lowest BCUT2D eigenvalue weighted by Gasteiger charge is -2.32. The summed E-state index contributed by atoms with van der Waals surface area (Å²) in [7, 11) is 1.73. The van der Waals surface area contributed by atoms with E-state index in [2.05, 4.69) is 31.6 Å². The first-order valence-electron chi connectivity index (χ1n) is 13.2. The predicted octanol–water partition coefficient (Wildman–Crippen LogP) is 3.93. The minimum absolute atomic E-state index is 0.0579. The topological polar surface area (TPSA) is 111 Å². The average molecular weight is 491 g/mol. The number of rotatable bonds is 10. The van der Waals surface area contributed by atoms with Crippen LogP contribution in [0.4, 0.5) is 11.6 Å². The van der Waals surface area contributed by atoms with E-state index in [-0.39, 0.29) is 29.2 Å². The number of hydrogen-bond acceptors (Lipinski definition) is 7. The number of carbonyl (C=O) groups excluding carboxylic acids is 2. The van der Waals surface area contributed by atoms with Crippen molar-refractivity contribution >= 4 is 29.0 Å². The van der Waals surface area contributed by atoms with E-state index in [4.69, 9.17) is 5.41 Å². The Morgan fingerprint density at radius 2 is 1.94 bits per heavy atom. The second-order valence-corrected chi connectivity index (χ2v) is 9.97. The molecule has 0 bridgehead atoms. The Bertz CT molecular complexity index is 1100. The zero-order chi connectivity index (χ0) is 25.7. The van der Waals surface area contributed by atoms with Gasteiger partial charge in [-0.2, -0.15) is 0 Å². The predicted molar refractivity (Wildman–Crippen MR) is 142 cm³/mol. The molecule has 3 unspecified atom stereocenters. The van der Waals surface area contributed by atoms with Crippen molar-refractivity contribution in [1.29, 1.82) is 5.41 Å². The van der Waals surface area contributed by atoms with Gasteiger partial charge in [0.25, 0.3) is 0 Å². The molecule has 1 fully saturated rings. The lowest BCUT2D eigenvalue weighted by atomic mass is 9.78. The summed E-state index contributed by atoms with van der Waals surface area (Å²) in [6.45, 7) is 4.58. The summed E-state index contributed by atoms with van der Waals surface area (Å²) in [5.74, 6) is 0.932. The molecule has 1 amide bonds. The number of Topliss-reactive ketones (excluding diaryl/α,β-unsaturated/α-hetero) is 1. The van der Waals surface area contributed by atoms with Crippen molar-refractivity contribution in [3.63, 3.8) is 0 Å². The fraction of sp³-hybridized carbons (Fsp3) is 0.536. The summed E-state index contributed by atoms with van der Waals surface area (Å²) in [6.07, 6.45) is 10.1. The van der Waals surface area contributed by atoms with Crippen molar-refractivity contribution in [3.8, 4) is 0 Å². The van der Waals surface area contributed by atoms with Gasteiger partial charge in [-0.3, -0.25) is 9.59 Å². The van der Waals surface area contributed by atoms with Gasteiger partial charge in [-0.1, -0.05) is 32.3 Å². The van der Waals surface area contributed by atoms with Crippen LogP contribution < -0.4 is 15.5 Å². The van der Waals surface area contributed by atoms with Gasteiger partial charge < -0.3 is 20.9 Å². The third-order valence-corrected chi connectivity index (χ3v) is 7.73. The largest absolute Gasteiger partial charge is 0.344 e. The van der Waals surface area contributed by atoms with Crippen molar-refractivity contribution in [3.05, 3.63) is 47.8 Å². The minimum atomic E-state index is -0.661. The Hall–Kier alpha value is -3.13. The molecule has 0 radical (unpaired) electrons. The molecule has 3 N–H and O–H groups in total. The lowest BCUT2D eigenvalue weighted by Crippen LogP contribution is -2.53. The Morgan fingerprint density at radius 1 is 1.17 bits per heavy atom. The van der Waals surface area contributed by atoms with E-state index < -0.39 is 12.1 Å². The fourth-order valence-electron chi connectivity index (χ4n) is 5.45. The van der Waals surface area contributed by atoms with E-state index in [0.717, 1.165) is 62.3 Å². The molecule has 2 aromatic heterocycles. The van der Waals surface area contributed by atoms with E-state index in [9.17, 15) is 9.59 Å². The fourth-order valence-corrected chi connectivity index (χ4v) is 5.45. The molecule has 192 valence electrons. The maximum absolute atomic E-state index is 13.8. The molecule has 36 heavy (non-hydrogen) atoms. The van der Waals surface area contributed by atoms with Crippen LogP contribution in [0.3, 0.4) is 0 Å². The molecular formula is C28H38N6O2. The summed E-state index contributed by atoms with van der Waals surface area (Å²) in [5, 5.41) is 14.9. The highest BCUT2D eigenvalue weighted by Crippen LogP contribution is 2.34. The van der Waals surface area contributed by atoms with Crippen molar-refractivity contribution in [2.24, 2.45) is 5.92 Å². The maximum atomic E-state index is 13.8. The molecule has 0 aromatic carbocycles. The SMILES string of the molecule is CCC(C(=N)C(=O)C(NC(=O)C(C)NC)C1CCCCC1)c1ccnc(N2CCc3cccnc32)c1. The van der Waals surface area contributed by atoms with Crippen LogP contribution in [0.5, 0.6) is 0 Å². The third kappa shape index (κ3) is 5.48.